The zero-order valence-corrected chi connectivity index (χ0v) is 8.78. The number of carbonyl (C=O) groups excluding carboxylic acids is 2. The summed E-state index contributed by atoms with van der Waals surface area (Å²) in [5.41, 5.74) is 0. The van der Waals surface area contributed by atoms with Gasteiger partial charge >= 0.3 is 0 Å². The molecule has 0 N–H and O–H groups in total. The van der Waals surface area contributed by atoms with Crippen molar-refractivity contribution in [3.63, 3.8) is 0 Å². The Labute approximate surface area is 89.2 Å². The Morgan fingerprint density at radius 3 is 2.80 bits per heavy atom. The van der Waals surface area contributed by atoms with Crippen molar-refractivity contribution in [1.29, 1.82) is 0 Å². The van der Waals surface area contributed by atoms with Crippen LogP contribution in [0.5, 0.6) is 0 Å². The fraction of sp³-hybridized carbons (Fsp3) is 0.833. The van der Waals surface area contributed by atoms with Crippen molar-refractivity contribution in [2.45, 2.75) is 50.7 Å². The SMILES string of the molecule is O=C1CC[C@H]2[C@H]3C(=O)CCC[C@H]3O[C@H]2C1. The van der Waals surface area contributed by atoms with Gasteiger partial charge in [-0.25, -0.2) is 0 Å². The van der Waals surface area contributed by atoms with E-state index in [1.165, 1.54) is 0 Å². The van der Waals surface area contributed by atoms with Crippen LogP contribution in [0.25, 0.3) is 0 Å². The van der Waals surface area contributed by atoms with Crippen LogP contribution in [0.3, 0.4) is 0 Å². The number of rotatable bonds is 0. The molecular weight excluding hydrogens is 192 g/mol. The van der Waals surface area contributed by atoms with Gasteiger partial charge in [-0.1, -0.05) is 0 Å². The van der Waals surface area contributed by atoms with Gasteiger partial charge in [0.1, 0.15) is 11.6 Å². The van der Waals surface area contributed by atoms with Gasteiger partial charge in [-0.05, 0) is 25.2 Å². The smallest absolute Gasteiger partial charge is 0.138 e. The first-order chi connectivity index (χ1) is 7.25. The van der Waals surface area contributed by atoms with Crippen LogP contribution in [0, 0.1) is 11.8 Å². The van der Waals surface area contributed by atoms with Crippen LogP contribution < -0.4 is 0 Å². The molecule has 0 radical (unpaired) electrons. The van der Waals surface area contributed by atoms with Crippen LogP contribution in [0.2, 0.25) is 0 Å². The molecule has 3 fully saturated rings. The highest BCUT2D eigenvalue weighted by Gasteiger charge is 2.50. The minimum absolute atomic E-state index is 0.0586. The van der Waals surface area contributed by atoms with Gasteiger partial charge in [-0.3, -0.25) is 9.59 Å². The van der Waals surface area contributed by atoms with E-state index in [9.17, 15) is 9.59 Å². The maximum absolute atomic E-state index is 11.8. The van der Waals surface area contributed by atoms with E-state index in [0.717, 1.165) is 25.7 Å². The zero-order valence-electron chi connectivity index (χ0n) is 8.78. The summed E-state index contributed by atoms with van der Waals surface area (Å²) >= 11 is 0. The lowest BCUT2D eigenvalue weighted by Gasteiger charge is -2.27. The Morgan fingerprint density at radius 2 is 1.93 bits per heavy atom. The summed E-state index contributed by atoms with van der Waals surface area (Å²) in [6, 6.07) is 0. The average molecular weight is 208 g/mol. The molecule has 0 aromatic heterocycles. The average Bonchev–Trinajstić information content (AvgIpc) is 2.56. The number of carbonyl (C=O) groups is 2. The number of hydrogen-bond acceptors (Lipinski definition) is 3. The lowest BCUT2D eigenvalue weighted by Crippen LogP contribution is -2.35. The summed E-state index contributed by atoms with van der Waals surface area (Å²) in [5, 5.41) is 0. The molecule has 3 heteroatoms. The van der Waals surface area contributed by atoms with Crippen LogP contribution in [0.4, 0.5) is 0 Å². The van der Waals surface area contributed by atoms with Gasteiger partial charge in [0.15, 0.2) is 0 Å². The molecule has 0 spiro atoms. The Kier molecular flexibility index (Phi) is 2.16. The number of fused-ring (bicyclic) bond motifs is 3. The minimum atomic E-state index is 0.0586. The van der Waals surface area contributed by atoms with Crippen LogP contribution in [-0.2, 0) is 14.3 Å². The Balaban J connectivity index is 1.83. The highest BCUT2D eigenvalue weighted by atomic mass is 16.5. The third kappa shape index (κ3) is 1.44. The summed E-state index contributed by atoms with van der Waals surface area (Å²) in [6.07, 6.45) is 4.96. The van der Waals surface area contributed by atoms with Crippen molar-refractivity contribution in [3.8, 4) is 0 Å². The van der Waals surface area contributed by atoms with Gasteiger partial charge in [0.2, 0.25) is 0 Å². The molecule has 3 nitrogen and oxygen atoms in total. The molecule has 0 amide bonds. The molecule has 4 atom stereocenters. The molecule has 0 unspecified atom stereocenters. The van der Waals surface area contributed by atoms with E-state index >= 15 is 0 Å². The molecule has 1 aliphatic heterocycles. The van der Waals surface area contributed by atoms with E-state index in [1.54, 1.807) is 0 Å². The summed E-state index contributed by atoms with van der Waals surface area (Å²) in [5.74, 6) is 1.16. The molecule has 2 aliphatic carbocycles. The summed E-state index contributed by atoms with van der Waals surface area (Å²) in [4.78, 5) is 23.2. The molecular formula is C12H16O3. The van der Waals surface area contributed by atoms with Crippen LogP contribution >= 0.6 is 0 Å². The van der Waals surface area contributed by atoms with Gasteiger partial charge in [0, 0.05) is 25.2 Å². The number of ketones is 2. The minimum Gasteiger partial charge on any atom is -0.373 e. The van der Waals surface area contributed by atoms with Gasteiger partial charge in [0.05, 0.1) is 12.2 Å². The van der Waals surface area contributed by atoms with Crippen molar-refractivity contribution in [1.82, 2.24) is 0 Å². The van der Waals surface area contributed by atoms with Gasteiger partial charge in [-0.15, -0.1) is 0 Å². The molecule has 0 bridgehead atoms. The van der Waals surface area contributed by atoms with E-state index in [4.69, 9.17) is 4.74 Å². The van der Waals surface area contributed by atoms with Crippen LogP contribution in [-0.4, -0.2) is 23.8 Å². The van der Waals surface area contributed by atoms with E-state index in [-0.39, 0.29) is 18.1 Å². The zero-order chi connectivity index (χ0) is 10.4. The predicted octanol–water partition coefficient (Wildman–Crippen LogP) is 1.49. The van der Waals surface area contributed by atoms with E-state index in [2.05, 4.69) is 0 Å². The van der Waals surface area contributed by atoms with Crippen molar-refractivity contribution in [2.75, 3.05) is 0 Å². The quantitative estimate of drug-likeness (QED) is 0.605. The fourth-order valence-electron chi connectivity index (χ4n) is 3.47. The molecule has 0 aromatic carbocycles. The second-order valence-electron chi connectivity index (χ2n) is 5.04. The number of ether oxygens (including phenoxy) is 1. The standard InChI is InChI=1S/C12H16O3/c13-7-4-5-8-11(6-7)15-10-3-1-2-9(14)12(8)10/h8,10-12H,1-6H2/t8-,10-,11+,12+/m1/s1. The monoisotopic (exact) mass is 208 g/mol. The van der Waals surface area contributed by atoms with Crippen molar-refractivity contribution in [3.05, 3.63) is 0 Å². The maximum atomic E-state index is 11.8. The predicted molar refractivity (Wildman–Crippen MR) is 53.4 cm³/mol. The van der Waals surface area contributed by atoms with Gasteiger partial charge < -0.3 is 4.74 Å². The summed E-state index contributed by atoms with van der Waals surface area (Å²) < 4.78 is 5.87. The van der Waals surface area contributed by atoms with E-state index < -0.39 is 0 Å². The lowest BCUT2D eigenvalue weighted by atomic mass is 9.72. The Bertz CT molecular complexity index is 310. The Morgan fingerprint density at radius 1 is 1.07 bits per heavy atom. The van der Waals surface area contributed by atoms with Crippen LogP contribution in [0.15, 0.2) is 0 Å². The number of hydrogen-bond donors (Lipinski definition) is 0. The van der Waals surface area contributed by atoms with Crippen molar-refractivity contribution < 1.29 is 14.3 Å². The van der Waals surface area contributed by atoms with Crippen molar-refractivity contribution >= 4 is 11.6 Å². The molecule has 82 valence electrons. The topological polar surface area (TPSA) is 43.4 Å². The van der Waals surface area contributed by atoms with Gasteiger partial charge in [-0.2, -0.15) is 0 Å². The second-order valence-corrected chi connectivity index (χ2v) is 5.04. The molecule has 3 rings (SSSR count). The highest BCUT2D eigenvalue weighted by molar-refractivity contribution is 5.84. The lowest BCUT2D eigenvalue weighted by molar-refractivity contribution is -0.128. The Hall–Kier alpha value is -0.700. The summed E-state index contributed by atoms with van der Waals surface area (Å²) in [7, 11) is 0. The van der Waals surface area contributed by atoms with Crippen LogP contribution in [0.1, 0.15) is 38.5 Å². The highest BCUT2D eigenvalue weighted by Crippen LogP contribution is 2.45. The third-order valence-electron chi connectivity index (χ3n) is 4.16. The first-order valence-electron chi connectivity index (χ1n) is 5.95. The van der Waals surface area contributed by atoms with Gasteiger partial charge in [0.25, 0.3) is 0 Å². The molecule has 2 saturated carbocycles. The maximum Gasteiger partial charge on any atom is 0.138 e. The molecule has 15 heavy (non-hydrogen) atoms. The van der Waals surface area contributed by atoms with E-state index in [1.807, 2.05) is 0 Å². The first-order valence-corrected chi connectivity index (χ1v) is 5.95. The largest absolute Gasteiger partial charge is 0.373 e. The molecule has 1 heterocycles. The second kappa shape index (κ2) is 3.41. The normalized spacial score (nSPS) is 45.1. The molecule has 3 aliphatic rings. The summed E-state index contributed by atoms with van der Waals surface area (Å²) in [6.45, 7) is 0. The number of Topliss-reactive ketones (excluding diaryl/α,β-unsaturated/α-hetero) is 2. The first kappa shape index (κ1) is 9.52. The fourth-order valence-corrected chi connectivity index (χ4v) is 3.47. The van der Waals surface area contributed by atoms with E-state index in [0.29, 0.717) is 30.3 Å². The molecule has 0 aromatic rings. The van der Waals surface area contributed by atoms with Crippen molar-refractivity contribution in [2.24, 2.45) is 11.8 Å². The molecule has 1 saturated heterocycles. The third-order valence-corrected chi connectivity index (χ3v) is 4.16.